The van der Waals surface area contributed by atoms with Gasteiger partial charge in [-0.15, -0.1) is 0 Å². The average molecular weight is 258 g/mol. The second-order valence-electron chi connectivity index (χ2n) is 5.01. The zero-order valence-electron chi connectivity index (χ0n) is 11.3. The Morgan fingerprint density at radius 2 is 2.26 bits per heavy atom. The standard InChI is InChI=1S/C15H18N2O2/c1-10-3-6-14(19-2)13(7-10)15(18)17-12-5-4-11(8-12)9-16/h3,6-7,11-12H,4-5,8H2,1-2H3,(H,17,18)/t11-,12+/m1/s1. The van der Waals surface area contributed by atoms with E-state index in [-0.39, 0.29) is 17.9 Å². The SMILES string of the molecule is COc1ccc(C)cc1C(=O)N[C@H]1CC[C@@H](C#N)C1. The van der Waals surface area contributed by atoms with Crippen LogP contribution in [0.3, 0.4) is 0 Å². The summed E-state index contributed by atoms with van der Waals surface area (Å²) >= 11 is 0. The molecular weight excluding hydrogens is 240 g/mol. The van der Waals surface area contributed by atoms with E-state index in [1.807, 2.05) is 19.1 Å². The zero-order chi connectivity index (χ0) is 13.8. The monoisotopic (exact) mass is 258 g/mol. The number of aryl methyl sites for hydroxylation is 1. The van der Waals surface area contributed by atoms with Crippen molar-refractivity contribution >= 4 is 5.91 Å². The van der Waals surface area contributed by atoms with Gasteiger partial charge in [-0.25, -0.2) is 0 Å². The van der Waals surface area contributed by atoms with Gasteiger partial charge in [0.2, 0.25) is 0 Å². The quantitative estimate of drug-likeness (QED) is 0.905. The summed E-state index contributed by atoms with van der Waals surface area (Å²) in [7, 11) is 1.56. The minimum atomic E-state index is -0.121. The van der Waals surface area contributed by atoms with Crippen molar-refractivity contribution in [2.45, 2.75) is 32.2 Å². The molecule has 1 N–H and O–H groups in total. The van der Waals surface area contributed by atoms with E-state index in [4.69, 9.17) is 10.00 Å². The molecule has 1 aliphatic rings. The van der Waals surface area contributed by atoms with Crippen LogP contribution in [-0.4, -0.2) is 19.1 Å². The molecule has 0 radical (unpaired) electrons. The molecule has 0 spiro atoms. The van der Waals surface area contributed by atoms with Crippen LogP contribution >= 0.6 is 0 Å². The fraction of sp³-hybridized carbons (Fsp3) is 0.467. The van der Waals surface area contributed by atoms with Crippen LogP contribution in [0.25, 0.3) is 0 Å². The number of ether oxygens (including phenoxy) is 1. The molecule has 2 rings (SSSR count). The highest BCUT2D eigenvalue weighted by Gasteiger charge is 2.26. The van der Waals surface area contributed by atoms with Crippen LogP contribution in [0.2, 0.25) is 0 Å². The van der Waals surface area contributed by atoms with E-state index >= 15 is 0 Å². The number of carbonyl (C=O) groups excluding carboxylic acids is 1. The minimum Gasteiger partial charge on any atom is -0.496 e. The van der Waals surface area contributed by atoms with Crippen molar-refractivity contribution in [2.75, 3.05) is 7.11 Å². The van der Waals surface area contributed by atoms with E-state index in [9.17, 15) is 4.79 Å². The lowest BCUT2D eigenvalue weighted by Crippen LogP contribution is -2.33. The molecule has 0 aromatic heterocycles. The molecular formula is C15H18N2O2. The number of methoxy groups -OCH3 is 1. The number of nitrogens with zero attached hydrogens (tertiary/aromatic N) is 1. The van der Waals surface area contributed by atoms with Gasteiger partial charge in [0.15, 0.2) is 0 Å². The van der Waals surface area contributed by atoms with Gasteiger partial charge in [0.25, 0.3) is 5.91 Å². The van der Waals surface area contributed by atoms with Gasteiger partial charge < -0.3 is 10.1 Å². The van der Waals surface area contributed by atoms with Crippen molar-refractivity contribution in [2.24, 2.45) is 5.92 Å². The summed E-state index contributed by atoms with van der Waals surface area (Å²) < 4.78 is 5.22. The molecule has 0 aliphatic heterocycles. The van der Waals surface area contributed by atoms with Crippen LogP contribution < -0.4 is 10.1 Å². The maximum atomic E-state index is 12.3. The second-order valence-corrected chi connectivity index (χ2v) is 5.01. The highest BCUT2D eigenvalue weighted by molar-refractivity contribution is 5.97. The van der Waals surface area contributed by atoms with Crippen molar-refractivity contribution < 1.29 is 9.53 Å². The summed E-state index contributed by atoms with van der Waals surface area (Å²) in [6.45, 7) is 1.94. The van der Waals surface area contributed by atoms with Crippen molar-refractivity contribution in [3.8, 4) is 11.8 Å². The summed E-state index contributed by atoms with van der Waals surface area (Å²) in [5, 5.41) is 11.9. The number of hydrogen-bond acceptors (Lipinski definition) is 3. The zero-order valence-corrected chi connectivity index (χ0v) is 11.3. The van der Waals surface area contributed by atoms with Gasteiger partial charge in [-0.05, 0) is 38.3 Å². The van der Waals surface area contributed by atoms with Gasteiger partial charge in [-0.2, -0.15) is 5.26 Å². The Balaban J connectivity index is 2.08. The van der Waals surface area contributed by atoms with Crippen molar-refractivity contribution in [1.82, 2.24) is 5.32 Å². The fourth-order valence-corrected chi connectivity index (χ4v) is 2.49. The first-order valence-electron chi connectivity index (χ1n) is 6.49. The summed E-state index contributed by atoms with van der Waals surface area (Å²) in [5.74, 6) is 0.534. The Kier molecular flexibility index (Phi) is 4.06. The molecule has 2 atom stereocenters. The molecule has 1 aliphatic carbocycles. The molecule has 1 saturated carbocycles. The normalized spacial score (nSPS) is 21.7. The number of rotatable bonds is 3. The summed E-state index contributed by atoms with van der Waals surface area (Å²) in [4.78, 5) is 12.3. The summed E-state index contributed by atoms with van der Waals surface area (Å²) in [6, 6.07) is 7.90. The molecule has 1 aromatic rings. The van der Waals surface area contributed by atoms with Crippen molar-refractivity contribution in [3.63, 3.8) is 0 Å². The van der Waals surface area contributed by atoms with E-state index < -0.39 is 0 Å². The van der Waals surface area contributed by atoms with Crippen LogP contribution in [0.15, 0.2) is 18.2 Å². The van der Waals surface area contributed by atoms with Crippen LogP contribution in [0.5, 0.6) is 5.75 Å². The Hall–Kier alpha value is -2.02. The maximum Gasteiger partial charge on any atom is 0.255 e. The molecule has 0 heterocycles. The van der Waals surface area contributed by atoms with Crippen LogP contribution in [-0.2, 0) is 0 Å². The lowest BCUT2D eigenvalue weighted by Gasteiger charge is -2.14. The maximum absolute atomic E-state index is 12.3. The fourth-order valence-electron chi connectivity index (χ4n) is 2.49. The van der Waals surface area contributed by atoms with Gasteiger partial charge in [0.05, 0.1) is 18.7 Å². The average Bonchev–Trinajstić information content (AvgIpc) is 2.86. The van der Waals surface area contributed by atoms with Gasteiger partial charge >= 0.3 is 0 Å². The Labute approximate surface area is 113 Å². The molecule has 1 fully saturated rings. The molecule has 4 nitrogen and oxygen atoms in total. The highest BCUT2D eigenvalue weighted by atomic mass is 16.5. The number of amides is 1. The first-order valence-corrected chi connectivity index (χ1v) is 6.49. The predicted molar refractivity (Wildman–Crippen MR) is 71.9 cm³/mol. The Bertz CT molecular complexity index is 519. The molecule has 4 heteroatoms. The number of carbonyl (C=O) groups is 1. The molecule has 1 aromatic carbocycles. The first-order chi connectivity index (χ1) is 9.13. The number of nitrogens with one attached hydrogen (secondary N) is 1. The van der Waals surface area contributed by atoms with Gasteiger partial charge in [-0.1, -0.05) is 11.6 Å². The third kappa shape index (κ3) is 3.05. The number of benzene rings is 1. The lowest BCUT2D eigenvalue weighted by molar-refractivity contribution is 0.0934. The van der Waals surface area contributed by atoms with Crippen molar-refractivity contribution in [1.29, 1.82) is 5.26 Å². The number of hydrogen-bond donors (Lipinski definition) is 1. The second kappa shape index (κ2) is 5.75. The van der Waals surface area contributed by atoms with E-state index in [0.717, 1.165) is 24.8 Å². The van der Waals surface area contributed by atoms with Crippen LogP contribution in [0.1, 0.15) is 35.2 Å². The first kappa shape index (κ1) is 13.4. The van der Waals surface area contributed by atoms with E-state index in [2.05, 4.69) is 11.4 Å². The van der Waals surface area contributed by atoms with Crippen LogP contribution in [0, 0.1) is 24.2 Å². The molecule has 0 saturated heterocycles. The van der Waals surface area contributed by atoms with Crippen molar-refractivity contribution in [3.05, 3.63) is 29.3 Å². The predicted octanol–water partition coefficient (Wildman–Crippen LogP) is 2.43. The highest BCUT2D eigenvalue weighted by Crippen LogP contribution is 2.26. The van der Waals surface area contributed by atoms with Gasteiger partial charge in [-0.3, -0.25) is 4.79 Å². The van der Waals surface area contributed by atoms with Gasteiger partial charge in [0, 0.05) is 12.0 Å². The van der Waals surface area contributed by atoms with Gasteiger partial charge in [0.1, 0.15) is 5.75 Å². The topological polar surface area (TPSA) is 62.1 Å². The van der Waals surface area contributed by atoms with E-state index in [1.165, 1.54) is 0 Å². The molecule has 19 heavy (non-hydrogen) atoms. The summed E-state index contributed by atoms with van der Waals surface area (Å²) in [6.07, 6.45) is 2.49. The Morgan fingerprint density at radius 1 is 1.47 bits per heavy atom. The third-order valence-corrected chi connectivity index (χ3v) is 3.55. The summed E-state index contributed by atoms with van der Waals surface area (Å²) in [5.41, 5.74) is 1.58. The Morgan fingerprint density at radius 3 is 2.89 bits per heavy atom. The third-order valence-electron chi connectivity index (χ3n) is 3.55. The molecule has 0 unspecified atom stereocenters. The largest absolute Gasteiger partial charge is 0.496 e. The molecule has 100 valence electrons. The molecule has 0 bridgehead atoms. The lowest BCUT2D eigenvalue weighted by atomic mass is 10.1. The van der Waals surface area contributed by atoms with E-state index in [1.54, 1.807) is 13.2 Å². The molecule has 1 amide bonds. The minimum absolute atomic E-state index is 0.0738. The smallest absolute Gasteiger partial charge is 0.255 e. The van der Waals surface area contributed by atoms with Crippen LogP contribution in [0.4, 0.5) is 0 Å². The number of nitriles is 1. The van der Waals surface area contributed by atoms with E-state index in [0.29, 0.717) is 11.3 Å².